The highest BCUT2D eigenvalue weighted by molar-refractivity contribution is 5.54. The van der Waals surface area contributed by atoms with Crippen molar-refractivity contribution in [3.8, 4) is 0 Å². The molecule has 2 aromatic heterocycles. The van der Waals surface area contributed by atoms with E-state index in [-0.39, 0.29) is 0 Å². The molecule has 0 saturated heterocycles. The number of hydrogen-bond acceptors (Lipinski definition) is 3. The zero-order valence-electron chi connectivity index (χ0n) is 9.65. The second kappa shape index (κ2) is 3.53. The Morgan fingerprint density at radius 3 is 2.80 bits per heavy atom. The van der Waals surface area contributed by atoms with E-state index >= 15 is 0 Å². The van der Waals surface area contributed by atoms with Crippen LogP contribution in [0, 0.1) is 13.8 Å². The predicted octanol–water partition coefficient (Wildman–Crippen LogP) is 1.80. The molecule has 0 N–H and O–H groups in total. The van der Waals surface area contributed by atoms with E-state index in [1.165, 1.54) is 0 Å². The van der Waals surface area contributed by atoms with Crippen LogP contribution >= 0.6 is 0 Å². The summed E-state index contributed by atoms with van der Waals surface area (Å²) in [6, 6.07) is 2.06. The van der Waals surface area contributed by atoms with Crippen LogP contribution in [0.3, 0.4) is 0 Å². The molecule has 2 aromatic rings. The van der Waals surface area contributed by atoms with E-state index < -0.39 is 0 Å². The summed E-state index contributed by atoms with van der Waals surface area (Å²) in [4.78, 5) is 6.65. The first-order chi connectivity index (χ1) is 7.13. The van der Waals surface area contributed by atoms with E-state index in [9.17, 15) is 0 Å². The van der Waals surface area contributed by atoms with Crippen molar-refractivity contribution in [2.45, 2.75) is 20.8 Å². The molecule has 0 fully saturated rings. The maximum Gasteiger partial charge on any atom is 0.160 e. The maximum absolute atomic E-state index is 4.49. The van der Waals surface area contributed by atoms with Gasteiger partial charge in [-0.15, -0.1) is 0 Å². The second-order valence-electron chi connectivity index (χ2n) is 3.83. The van der Waals surface area contributed by atoms with E-state index in [2.05, 4.69) is 35.0 Å². The summed E-state index contributed by atoms with van der Waals surface area (Å²) in [5.41, 5.74) is 3.09. The molecule has 0 radical (unpaired) electrons. The summed E-state index contributed by atoms with van der Waals surface area (Å²) in [6.45, 7) is 7.12. The zero-order valence-corrected chi connectivity index (χ0v) is 9.65. The summed E-state index contributed by atoms with van der Waals surface area (Å²) in [5, 5.41) is 4.34. The van der Waals surface area contributed by atoms with Crippen LogP contribution in [0.25, 0.3) is 5.65 Å². The van der Waals surface area contributed by atoms with Crippen molar-refractivity contribution in [2.24, 2.45) is 0 Å². The molecular weight excluding hydrogens is 188 g/mol. The van der Waals surface area contributed by atoms with Crippen LogP contribution in [-0.4, -0.2) is 28.2 Å². The normalized spacial score (nSPS) is 10.9. The lowest BCUT2D eigenvalue weighted by Gasteiger charge is -2.18. The Morgan fingerprint density at radius 2 is 2.13 bits per heavy atom. The van der Waals surface area contributed by atoms with Crippen molar-refractivity contribution in [2.75, 3.05) is 18.5 Å². The molecule has 0 spiro atoms. The quantitative estimate of drug-likeness (QED) is 0.748. The average molecular weight is 204 g/mol. The number of hydrogen-bond donors (Lipinski definition) is 0. The molecule has 0 saturated carbocycles. The monoisotopic (exact) mass is 204 g/mol. The fraction of sp³-hybridized carbons (Fsp3) is 0.455. The molecule has 0 aliphatic carbocycles. The fourth-order valence-corrected chi connectivity index (χ4v) is 1.61. The van der Waals surface area contributed by atoms with Crippen molar-refractivity contribution in [1.29, 1.82) is 0 Å². The van der Waals surface area contributed by atoms with Gasteiger partial charge in [-0.25, -0.2) is 4.98 Å². The number of fused-ring (bicyclic) bond motifs is 1. The van der Waals surface area contributed by atoms with Crippen molar-refractivity contribution >= 4 is 11.5 Å². The largest absolute Gasteiger partial charge is 0.360 e. The Hall–Kier alpha value is -1.58. The Balaban J connectivity index is 2.72. The van der Waals surface area contributed by atoms with Gasteiger partial charge >= 0.3 is 0 Å². The Kier molecular flexibility index (Phi) is 2.34. The van der Waals surface area contributed by atoms with Crippen molar-refractivity contribution in [1.82, 2.24) is 14.6 Å². The highest BCUT2D eigenvalue weighted by Crippen LogP contribution is 2.17. The van der Waals surface area contributed by atoms with Gasteiger partial charge < -0.3 is 4.90 Å². The molecule has 0 bridgehead atoms. The first-order valence-electron chi connectivity index (χ1n) is 5.16. The molecule has 80 valence electrons. The van der Waals surface area contributed by atoms with Gasteiger partial charge in [-0.1, -0.05) is 0 Å². The van der Waals surface area contributed by atoms with Crippen LogP contribution in [0.1, 0.15) is 18.2 Å². The van der Waals surface area contributed by atoms with E-state index in [1.807, 2.05) is 24.6 Å². The minimum atomic E-state index is 0.949. The third kappa shape index (κ3) is 1.56. The highest BCUT2D eigenvalue weighted by Gasteiger charge is 2.09. The highest BCUT2D eigenvalue weighted by atomic mass is 15.3. The first kappa shape index (κ1) is 9.96. The van der Waals surface area contributed by atoms with Gasteiger partial charge in [0.25, 0.3) is 0 Å². The molecule has 15 heavy (non-hydrogen) atoms. The Morgan fingerprint density at radius 1 is 1.40 bits per heavy atom. The smallest absolute Gasteiger partial charge is 0.160 e. The van der Waals surface area contributed by atoms with Gasteiger partial charge in [0.2, 0.25) is 0 Å². The van der Waals surface area contributed by atoms with Crippen LogP contribution in [0.5, 0.6) is 0 Å². The molecule has 0 aliphatic rings. The topological polar surface area (TPSA) is 33.4 Å². The summed E-state index contributed by atoms with van der Waals surface area (Å²) < 4.78 is 1.89. The molecule has 2 heterocycles. The Labute approximate surface area is 89.5 Å². The Bertz CT molecular complexity index is 487. The van der Waals surface area contributed by atoms with Gasteiger partial charge in [-0.2, -0.15) is 9.61 Å². The molecule has 2 rings (SSSR count). The third-order valence-corrected chi connectivity index (χ3v) is 2.62. The molecule has 4 nitrogen and oxygen atoms in total. The van der Waals surface area contributed by atoms with Crippen LogP contribution in [0.4, 0.5) is 5.82 Å². The van der Waals surface area contributed by atoms with E-state index in [0.717, 1.165) is 29.3 Å². The number of aryl methyl sites for hydroxylation is 2. The molecule has 0 aliphatic heterocycles. The van der Waals surface area contributed by atoms with Gasteiger partial charge in [0.05, 0.1) is 6.20 Å². The lowest BCUT2D eigenvalue weighted by Crippen LogP contribution is -2.19. The van der Waals surface area contributed by atoms with E-state index in [0.29, 0.717) is 0 Å². The maximum atomic E-state index is 4.49. The molecular formula is C11H16N4. The SMILES string of the molecule is CCN(C)c1cc(C)nc2c(C)cnn12. The number of nitrogens with zero attached hydrogens (tertiary/aromatic N) is 4. The molecule has 0 unspecified atom stereocenters. The molecule has 0 atom stereocenters. The van der Waals surface area contributed by atoms with E-state index in [1.54, 1.807) is 0 Å². The lowest BCUT2D eigenvalue weighted by molar-refractivity contribution is 0.848. The minimum Gasteiger partial charge on any atom is -0.360 e. The first-order valence-corrected chi connectivity index (χ1v) is 5.16. The van der Waals surface area contributed by atoms with Crippen LogP contribution < -0.4 is 4.90 Å². The zero-order chi connectivity index (χ0) is 11.0. The van der Waals surface area contributed by atoms with Crippen molar-refractivity contribution in [3.05, 3.63) is 23.5 Å². The van der Waals surface area contributed by atoms with Crippen LogP contribution in [0.15, 0.2) is 12.3 Å². The lowest BCUT2D eigenvalue weighted by atomic mass is 10.3. The number of aromatic nitrogens is 3. The van der Waals surface area contributed by atoms with Crippen LogP contribution in [-0.2, 0) is 0 Å². The minimum absolute atomic E-state index is 0.949. The van der Waals surface area contributed by atoms with Gasteiger partial charge in [0.1, 0.15) is 5.82 Å². The van der Waals surface area contributed by atoms with Gasteiger partial charge in [-0.05, 0) is 20.8 Å². The van der Waals surface area contributed by atoms with Gasteiger partial charge in [0, 0.05) is 30.9 Å². The van der Waals surface area contributed by atoms with Crippen molar-refractivity contribution < 1.29 is 0 Å². The third-order valence-electron chi connectivity index (χ3n) is 2.62. The molecule has 0 aromatic carbocycles. The summed E-state index contributed by atoms with van der Waals surface area (Å²) in [6.07, 6.45) is 1.86. The van der Waals surface area contributed by atoms with Gasteiger partial charge in [-0.3, -0.25) is 0 Å². The predicted molar refractivity (Wildman–Crippen MR) is 61.4 cm³/mol. The standard InChI is InChI=1S/C11H16N4/c1-5-14(4)10-6-9(3)13-11-8(2)7-12-15(10)11/h6-7H,5H2,1-4H3. The fourth-order valence-electron chi connectivity index (χ4n) is 1.61. The molecule has 4 heteroatoms. The number of anilines is 1. The van der Waals surface area contributed by atoms with E-state index in [4.69, 9.17) is 0 Å². The van der Waals surface area contributed by atoms with Crippen molar-refractivity contribution in [3.63, 3.8) is 0 Å². The number of rotatable bonds is 2. The second-order valence-corrected chi connectivity index (χ2v) is 3.83. The summed E-state index contributed by atoms with van der Waals surface area (Å²) in [7, 11) is 2.06. The summed E-state index contributed by atoms with van der Waals surface area (Å²) >= 11 is 0. The average Bonchev–Trinajstić information content (AvgIpc) is 2.58. The van der Waals surface area contributed by atoms with Gasteiger partial charge in [0.15, 0.2) is 5.65 Å². The summed E-state index contributed by atoms with van der Waals surface area (Å²) in [5.74, 6) is 1.09. The molecule has 0 amide bonds. The van der Waals surface area contributed by atoms with Crippen LogP contribution in [0.2, 0.25) is 0 Å².